The van der Waals surface area contributed by atoms with Crippen LogP contribution in [0.3, 0.4) is 0 Å². The number of rotatable bonds is 10. The molecule has 188 valence electrons. The predicted molar refractivity (Wildman–Crippen MR) is 144 cm³/mol. The van der Waals surface area contributed by atoms with Crippen LogP contribution in [0, 0.1) is 5.82 Å². The van der Waals surface area contributed by atoms with E-state index >= 15 is 0 Å². The van der Waals surface area contributed by atoms with E-state index < -0.39 is 6.04 Å². The molecule has 4 aromatic carbocycles. The highest BCUT2D eigenvalue weighted by atomic mass is 35.5. The van der Waals surface area contributed by atoms with Crippen molar-refractivity contribution in [2.45, 2.75) is 32.0 Å². The lowest BCUT2D eigenvalue weighted by molar-refractivity contribution is -0.140. The molecule has 0 aliphatic carbocycles. The molecular formula is C31H28ClFN2O2. The lowest BCUT2D eigenvalue weighted by Crippen LogP contribution is -2.50. The van der Waals surface area contributed by atoms with E-state index in [0.29, 0.717) is 11.4 Å². The van der Waals surface area contributed by atoms with Crippen molar-refractivity contribution in [1.82, 2.24) is 10.2 Å². The maximum absolute atomic E-state index is 13.7. The van der Waals surface area contributed by atoms with Crippen LogP contribution in [0.1, 0.15) is 22.3 Å². The van der Waals surface area contributed by atoms with Crippen LogP contribution in [-0.4, -0.2) is 22.8 Å². The number of nitrogens with one attached hydrogen (secondary N) is 1. The lowest BCUT2D eigenvalue weighted by Gasteiger charge is -2.32. The topological polar surface area (TPSA) is 49.4 Å². The number of halogens is 2. The summed E-state index contributed by atoms with van der Waals surface area (Å²) in [6.07, 6.45) is 0.474. The van der Waals surface area contributed by atoms with Crippen molar-refractivity contribution in [1.29, 1.82) is 0 Å². The third-order valence-electron chi connectivity index (χ3n) is 6.15. The summed E-state index contributed by atoms with van der Waals surface area (Å²) in [5, 5.41) is 3.54. The minimum atomic E-state index is -0.786. The van der Waals surface area contributed by atoms with Gasteiger partial charge in [-0.15, -0.1) is 0 Å². The molecule has 0 spiro atoms. The minimum Gasteiger partial charge on any atom is -0.350 e. The van der Waals surface area contributed by atoms with Gasteiger partial charge in [0, 0.05) is 24.5 Å². The lowest BCUT2D eigenvalue weighted by atomic mass is 10.0. The highest BCUT2D eigenvalue weighted by molar-refractivity contribution is 6.31. The van der Waals surface area contributed by atoms with Crippen molar-refractivity contribution < 1.29 is 14.0 Å². The molecule has 0 radical (unpaired) electrons. The van der Waals surface area contributed by atoms with Gasteiger partial charge in [-0.25, -0.2) is 4.39 Å². The van der Waals surface area contributed by atoms with Gasteiger partial charge in [-0.3, -0.25) is 9.59 Å². The molecule has 0 aliphatic heterocycles. The Morgan fingerprint density at radius 3 is 2.00 bits per heavy atom. The maximum Gasteiger partial charge on any atom is 0.243 e. The summed E-state index contributed by atoms with van der Waals surface area (Å²) >= 11 is 6.29. The summed E-state index contributed by atoms with van der Waals surface area (Å²) in [4.78, 5) is 29.0. The first kappa shape index (κ1) is 26.1. The van der Waals surface area contributed by atoms with Gasteiger partial charge in [-0.05, 0) is 40.5 Å². The van der Waals surface area contributed by atoms with Crippen LogP contribution in [0.4, 0.5) is 4.39 Å². The van der Waals surface area contributed by atoms with E-state index in [4.69, 9.17) is 11.6 Å². The Balaban J connectivity index is 1.64. The van der Waals surface area contributed by atoms with Gasteiger partial charge in [-0.2, -0.15) is 0 Å². The summed E-state index contributed by atoms with van der Waals surface area (Å²) in [5.41, 5.74) is 3.31. The van der Waals surface area contributed by atoms with Crippen molar-refractivity contribution in [3.05, 3.63) is 142 Å². The molecule has 37 heavy (non-hydrogen) atoms. The van der Waals surface area contributed by atoms with E-state index in [1.165, 1.54) is 12.1 Å². The first-order valence-corrected chi connectivity index (χ1v) is 12.5. The van der Waals surface area contributed by atoms with Crippen LogP contribution in [0.25, 0.3) is 0 Å². The monoisotopic (exact) mass is 514 g/mol. The standard InChI is InChI=1S/C31H28ClFN2O2/c32-28-14-8-7-13-26(28)21-34-31(37)29(19-23-9-3-1-4-10-23)35(22-25-15-17-27(33)18-16-25)30(36)20-24-11-5-2-6-12-24/h1-18,29H,19-22H2,(H,34,37)/t29-/m0/s1. The van der Waals surface area contributed by atoms with Crippen molar-refractivity contribution >= 4 is 23.4 Å². The van der Waals surface area contributed by atoms with Gasteiger partial charge >= 0.3 is 0 Å². The fourth-order valence-electron chi connectivity index (χ4n) is 4.15. The fourth-order valence-corrected chi connectivity index (χ4v) is 4.36. The SMILES string of the molecule is O=C(NCc1ccccc1Cl)[C@H](Cc1ccccc1)N(Cc1ccc(F)cc1)C(=O)Cc1ccccc1. The normalized spacial score (nSPS) is 11.5. The van der Waals surface area contributed by atoms with Crippen LogP contribution in [0.2, 0.25) is 5.02 Å². The number of carbonyl (C=O) groups is 2. The van der Waals surface area contributed by atoms with Crippen LogP contribution < -0.4 is 5.32 Å². The fraction of sp³-hybridized carbons (Fsp3) is 0.161. The Hall–Kier alpha value is -3.96. The van der Waals surface area contributed by atoms with E-state index in [1.54, 1.807) is 23.1 Å². The quantitative estimate of drug-likeness (QED) is 0.283. The minimum absolute atomic E-state index is 0.144. The molecule has 0 bridgehead atoms. The molecular weight excluding hydrogens is 487 g/mol. The van der Waals surface area contributed by atoms with Crippen molar-refractivity contribution in [3.8, 4) is 0 Å². The summed E-state index contributed by atoms with van der Waals surface area (Å²) < 4.78 is 13.6. The van der Waals surface area contributed by atoms with E-state index in [0.717, 1.165) is 22.3 Å². The Kier molecular flexibility index (Phi) is 9.06. The molecule has 2 amide bonds. The van der Waals surface area contributed by atoms with E-state index in [-0.39, 0.29) is 37.1 Å². The summed E-state index contributed by atoms with van der Waals surface area (Å²) in [5.74, 6) is -0.833. The molecule has 4 aromatic rings. The van der Waals surface area contributed by atoms with Gasteiger partial charge < -0.3 is 10.2 Å². The Labute approximate surface area is 221 Å². The summed E-state index contributed by atoms with van der Waals surface area (Å²) in [6.45, 7) is 0.407. The van der Waals surface area contributed by atoms with Crippen LogP contribution in [0.5, 0.6) is 0 Å². The first-order chi connectivity index (χ1) is 18.0. The van der Waals surface area contributed by atoms with Gasteiger partial charge in [0.1, 0.15) is 11.9 Å². The first-order valence-electron chi connectivity index (χ1n) is 12.1. The molecule has 0 aromatic heterocycles. The summed E-state index contributed by atoms with van der Waals surface area (Å²) in [6, 6.07) is 31.6. The summed E-state index contributed by atoms with van der Waals surface area (Å²) in [7, 11) is 0. The van der Waals surface area contributed by atoms with E-state index in [1.807, 2.05) is 78.9 Å². The third kappa shape index (κ3) is 7.51. The van der Waals surface area contributed by atoms with Crippen LogP contribution in [0.15, 0.2) is 109 Å². The molecule has 1 atom stereocenters. The number of benzene rings is 4. The van der Waals surface area contributed by atoms with Gasteiger partial charge in [0.25, 0.3) is 0 Å². The Bertz CT molecular complexity index is 1310. The zero-order chi connectivity index (χ0) is 26.0. The number of hydrogen-bond acceptors (Lipinski definition) is 2. The van der Waals surface area contributed by atoms with Gasteiger partial charge in [0.15, 0.2) is 0 Å². The second-order valence-corrected chi connectivity index (χ2v) is 9.23. The zero-order valence-corrected chi connectivity index (χ0v) is 21.1. The predicted octanol–water partition coefficient (Wildman–Crippen LogP) is 5.98. The maximum atomic E-state index is 13.7. The van der Waals surface area contributed by atoms with Gasteiger partial charge in [0.05, 0.1) is 6.42 Å². The Morgan fingerprint density at radius 1 is 0.757 bits per heavy atom. The van der Waals surface area contributed by atoms with E-state index in [2.05, 4.69) is 5.32 Å². The zero-order valence-electron chi connectivity index (χ0n) is 20.3. The Morgan fingerprint density at radius 2 is 1.35 bits per heavy atom. The molecule has 6 heteroatoms. The molecule has 0 heterocycles. The van der Waals surface area contributed by atoms with Crippen molar-refractivity contribution in [2.75, 3.05) is 0 Å². The van der Waals surface area contributed by atoms with E-state index in [9.17, 15) is 14.0 Å². The second-order valence-electron chi connectivity index (χ2n) is 8.83. The van der Waals surface area contributed by atoms with Crippen LogP contribution in [-0.2, 0) is 35.5 Å². The molecule has 0 saturated heterocycles. The van der Waals surface area contributed by atoms with Crippen molar-refractivity contribution in [2.24, 2.45) is 0 Å². The average Bonchev–Trinajstić information content (AvgIpc) is 2.92. The highest BCUT2D eigenvalue weighted by Crippen LogP contribution is 2.18. The molecule has 4 nitrogen and oxygen atoms in total. The smallest absolute Gasteiger partial charge is 0.243 e. The highest BCUT2D eigenvalue weighted by Gasteiger charge is 2.30. The molecule has 0 unspecified atom stereocenters. The van der Waals surface area contributed by atoms with Crippen molar-refractivity contribution in [3.63, 3.8) is 0 Å². The molecule has 0 aliphatic rings. The molecule has 0 saturated carbocycles. The third-order valence-corrected chi connectivity index (χ3v) is 6.52. The van der Waals surface area contributed by atoms with Gasteiger partial charge in [-0.1, -0.05) is 103 Å². The van der Waals surface area contributed by atoms with Crippen LogP contribution >= 0.6 is 11.6 Å². The average molecular weight is 515 g/mol. The number of amides is 2. The largest absolute Gasteiger partial charge is 0.350 e. The molecule has 1 N–H and O–H groups in total. The molecule has 0 fully saturated rings. The number of nitrogens with zero attached hydrogens (tertiary/aromatic N) is 1. The van der Waals surface area contributed by atoms with Gasteiger partial charge in [0.2, 0.25) is 11.8 Å². The molecule has 4 rings (SSSR count). The second kappa shape index (κ2) is 12.8. The number of hydrogen-bond donors (Lipinski definition) is 1. The number of carbonyl (C=O) groups excluding carboxylic acids is 2.